The molecule has 5 heteroatoms. The third kappa shape index (κ3) is 3.85. The molecule has 0 aromatic carbocycles. The Labute approximate surface area is 115 Å². The topological polar surface area (TPSA) is 69.6 Å². The Bertz CT molecular complexity index is 340. The molecule has 2 N–H and O–H groups in total. The normalized spacial score (nSPS) is 24.1. The van der Waals surface area contributed by atoms with E-state index in [9.17, 15) is 9.59 Å². The van der Waals surface area contributed by atoms with E-state index in [1.165, 1.54) is 0 Å². The van der Waals surface area contributed by atoms with Crippen LogP contribution < -0.4 is 5.32 Å². The maximum atomic E-state index is 12.3. The van der Waals surface area contributed by atoms with E-state index in [4.69, 9.17) is 5.11 Å². The summed E-state index contributed by atoms with van der Waals surface area (Å²) >= 11 is 0. The Morgan fingerprint density at radius 2 is 1.95 bits per heavy atom. The van der Waals surface area contributed by atoms with Gasteiger partial charge in [0, 0.05) is 18.1 Å². The number of urea groups is 1. The van der Waals surface area contributed by atoms with Gasteiger partial charge in [0.1, 0.15) is 0 Å². The molecule has 1 saturated heterocycles. The van der Waals surface area contributed by atoms with Crippen molar-refractivity contribution in [3.63, 3.8) is 0 Å². The van der Waals surface area contributed by atoms with Crippen LogP contribution in [0, 0.1) is 5.92 Å². The molecule has 0 aromatic heterocycles. The van der Waals surface area contributed by atoms with Crippen molar-refractivity contribution in [3.8, 4) is 0 Å². The second-order valence-electron chi connectivity index (χ2n) is 5.80. The van der Waals surface area contributed by atoms with Gasteiger partial charge in [0.25, 0.3) is 0 Å². The number of piperidine rings is 1. The highest BCUT2D eigenvalue weighted by molar-refractivity contribution is 5.76. The molecule has 0 saturated carbocycles. The lowest BCUT2D eigenvalue weighted by atomic mass is 9.91. The van der Waals surface area contributed by atoms with Crippen molar-refractivity contribution in [3.05, 3.63) is 0 Å². The monoisotopic (exact) mass is 270 g/mol. The average molecular weight is 270 g/mol. The summed E-state index contributed by atoms with van der Waals surface area (Å²) in [5.74, 6) is -1.07. The fourth-order valence-electron chi connectivity index (χ4n) is 2.45. The molecule has 19 heavy (non-hydrogen) atoms. The molecule has 110 valence electrons. The second-order valence-corrected chi connectivity index (χ2v) is 5.80. The van der Waals surface area contributed by atoms with E-state index in [-0.39, 0.29) is 23.5 Å². The van der Waals surface area contributed by atoms with Crippen LogP contribution in [0.15, 0.2) is 0 Å². The summed E-state index contributed by atoms with van der Waals surface area (Å²) in [5.41, 5.74) is -0.180. The quantitative estimate of drug-likeness (QED) is 0.824. The molecular formula is C14H26N2O3. The SMILES string of the molecule is CCC(C)(CC)NC(=O)N1CCC(C(=O)O)CC1C. The van der Waals surface area contributed by atoms with Crippen LogP contribution in [-0.4, -0.2) is 40.1 Å². The third-order valence-electron chi connectivity index (χ3n) is 4.46. The van der Waals surface area contributed by atoms with Gasteiger partial charge >= 0.3 is 12.0 Å². The van der Waals surface area contributed by atoms with E-state index >= 15 is 0 Å². The minimum absolute atomic E-state index is 0.0205. The number of rotatable bonds is 4. The van der Waals surface area contributed by atoms with Crippen molar-refractivity contribution in [1.82, 2.24) is 10.2 Å². The van der Waals surface area contributed by atoms with Crippen LogP contribution in [0.3, 0.4) is 0 Å². The number of aliphatic carboxylic acids is 1. The Hall–Kier alpha value is -1.26. The summed E-state index contributed by atoms with van der Waals surface area (Å²) in [6.07, 6.45) is 2.85. The van der Waals surface area contributed by atoms with Gasteiger partial charge in [0.2, 0.25) is 0 Å². The van der Waals surface area contributed by atoms with E-state index < -0.39 is 5.97 Å². The highest BCUT2D eigenvalue weighted by Gasteiger charge is 2.34. The first-order chi connectivity index (χ1) is 8.83. The standard InChI is InChI=1S/C14H26N2O3/c1-5-14(4,6-2)15-13(19)16-8-7-11(12(17)18)9-10(16)3/h10-11H,5-9H2,1-4H3,(H,15,19)(H,17,18). The molecule has 0 aliphatic carbocycles. The zero-order chi connectivity index (χ0) is 14.6. The molecule has 2 atom stereocenters. The molecule has 0 aromatic rings. The third-order valence-corrected chi connectivity index (χ3v) is 4.46. The van der Waals surface area contributed by atoms with Crippen LogP contribution in [0.25, 0.3) is 0 Å². The fourth-order valence-corrected chi connectivity index (χ4v) is 2.45. The van der Waals surface area contributed by atoms with Gasteiger partial charge in [-0.15, -0.1) is 0 Å². The average Bonchev–Trinajstić information content (AvgIpc) is 2.38. The minimum Gasteiger partial charge on any atom is -0.481 e. The Morgan fingerprint density at radius 3 is 2.37 bits per heavy atom. The molecule has 1 heterocycles. The van der Waals surface area contributed by atoms with Crippen molar-refractivity contribution in [2.45, 2.75) is 65.0 Å². The predicted octanol–water partition coefficient (Wildman–Crippen LogP) is 2.46. The van der Waals surface area contributed by atoms with Crippen molar-refractivity contribution >= 4 is 12.0 Å². The summed E-state index contributed by atoms with van der Waals surface area (Å²) in [5, 5.41) is 12.1. The van der Waals surface area contributed by atoms with E-state index in [0.717, 1.165) is 12.8 Å². The molecule has 0 spiro atoms. The molecule has 1 rings (SSSR count). The fraction of sp³-hybridized carbons (Fsp3) is 0.857. The summed E-state index contributed by atoms with van der Waals surface area (Å²) < 4.78 is 0. The first-order valence-electron chi connectivity index (χ1n) is 7.14. The second kappa shape index (κ2) is 6.26. The van der Waals surface area contributed by atoms with Crippen molar-refractivity contribution in [2.75, 3.05) is 6.54 Å². The van der Waals surface area contributed by atoms with Crippen molar-refractivity contribution in [1.29, 1.82) is 0 Å². The Balaban J connectivity index is 2.62. The molecule has 5 nitrogen and oxygen atoms in total. The van der Waals surface area contributed by atoms with Crippen LogP contribution in [0.4, 0.5) is 4.79 Å². The molecule has 1 fully saturated rings. The molecule has 1 aliphatic heterocycles. The van der Waals surface area contributed by atoms with Crippen molar-refractivity contribution in [2.24, 2.45) is 5.92 Å². The van der Waals surface area contributed by atoms with E-state index in [1.807, 2.05) is 13.8 Å². The van der Waals surface area contributed by atoms with Crippen LogP contribution in [0.5, 0.6) is 0 Å². The van der Waals surface area contributed by atoms with Gasteiger partial charge in [0.05, 0.1) is 5.92 Å². The first-order valence-corrected chi connectivity index (χ1v) is 7.14. The summed E-state index contributed by atoms with van der Waals surface area (Å²) in [4.78, 5) is 25.0. The van der Waals surface area contributed by atoms with Crippen LogP contribution in [-0.2, 0) is 4.79 Å². The van der Waals surface area contributed by atoms with Crippen molar-refractivity contribution < 1.29 is 14.7 Å². The molecular weight excluding hydrogens is 244 g/mol. The number of carboxylic acids is 1. The number of hydrogen-bond acceptors (Lipinski definition) is 2. The molecule has 2 amide bonds. The highest BCUT2D eigenvalue weighted by Crippen LogP contribution is 2.24. The predicted molar refractivity (Wildman–Crippen MR) is 74.0 cm³/mol. The summed E-state index contributed by atoms with van der Waals surface area (Å²) in [6.45, 7) is 8.60. The van der Waals surface area contributed by atoms with Crippen LogP contribution in [0.1, 0.15) is 53.4 Å². The number of carbonyl (C=O) groups excluding carboxylic acids is 1. The van der Waals surface area contributed by atoms with Gasteiger partial charge in [-0.05, 0) is 39.5 Å². The van der Waals surface area contributed by atoms with Crippen LogP contribution >= 0.6 is 0 Å². The molecule has 1 aliphatic rings. The summed E-state index contributed by atoms with van der Waals surface area (Å²) in [7, 11) is 0. The smallest absolute Gasteiger partial charge is 0.318 e. The van der Waals surface area contributed by atoms with Gasteiger partial charge in [-0.3, -0.25) is 4.79 Å². The zero-order valence-electron chi connectivity index (χ0n) is 12.4. The number of nitrogens with zero attached hydrogens (tertiary/aromatic N) is 1. The zero-order valence-corrected chi connectivity index (χ0v) is 12.4. The van der Waals surface area contributed by atoms with Gasteiger partial charge < -0.3 is 15.3 Å². The van der Waals surface area contributed by atoms with Crippen LogP contribution in [0.2, 0.25) is 0 Å². The number of amides is 2. The van der Waals surface area contributed by atoms with E-state index in [1.54, 1.807) is 4.90 Å². The Morgan fingerprint density at radius 1 is 1.37 bits per heavy atom. The number of carboxylic acid groups (broad SMARTS) is 1. The van der Waals surface area contributed by atoms with Gasteiger partial charge in [-0.2, -0.15) is 0 Å². The van der Waals surface area contributed by atoms with Gasteiger partial charge in [0.15, 0.2) is 0 Å². The lowest BCUT2D eigenvalue weighted by Crippen LogP contribution is -2.55. The molecule has 0 radical (unpaired) electrons. The number of hydrogen-bond donors (Lipinski definition) is 2. The maximum Gasteiger partial charge on any atom is 0.318 e. The first kappa shape index (κ1) is 15.8. The largest absolute Gasteiger partial charge is 0.481 e. The van der Waals surface area contributed by atoms with Gasteiger partial charge in [-0.1, -0.05) is 13.8 Å². The number of likely N-dealkylation sites (tertiary alicyclic amines) is 1. The molecule has 0 bridgehead atoms. The lowest BCUT2D eigenvalue weighted by Gasteiger charge is -2.39. The number of nitrogens with one attached hydrogen (secondary N) is 1. The van der Waals surface area contributed by atoms with E-state index in [2.05, 4.69) is 19.2 Å². The highest BCUT2D eigenvalue weighted by atomic mass is 16.4. The van der Waals surface area contributed by atoms with E-state index in [0.29, 0.717) is 19.4 Å². The molecule has 2 unspecified atom stereocenters. The van der Waals surface area contributed by atoms with Gasteiger partial charge in [-0.25, -0.2) is 4.79 Å². The summed E-state index contributed by atoms with van der Waals surface area (Å²) in [6, 6.07) is -0.0876. The lowest BCUT2D eigenvalue weighted by molar-refractivity contribution is -0.143. The minimum atomic E-state index is -0.751. The Kier molecular flexibility index (Phi) is 5.20. The number of carbonyl (C=O) groups is 2. The maximum absolute atomic E-state index is 12.3.